The van der Waals surface area contributed by atoms with Crippen LogP contribution in [0.2, 0.25) is 0 Å². The van der Waals surface area contributed by atoms with Crippen molar-refractivity contribution in [3.63, 3.8) is 0 Å². The van der Waals surface area contributed by atoms with Crippen molar-refractivity contribution in [3.05, 3.63) is 35.5 Å². The molecule has 0 bridgehead atoms. The molecule has 25 heavy (non-hydrogen) atoms. The van der Waals surface area contributed by atoms with Crippen molar-refractivity contribution in [2.75, 3.05) is 0 Å². The monoisotopic (exact) mass is 340 g/mol. The number of fused-ring (bicyclic) bond motifs is 2. The summed E-state index contributed by atoms with van der Waals surface area (Å²) >= 11 is 0. The third-order valence-corrected chi connectivity index (χ3v) is 6.00. The first kappa shape index (κ1) is 16.2. The normalized spacial score (nSPS) is 26.0. The summed E-state index contributed by atoms with van der Waals surface area (Å²) in [5, 5.41) is 10.7. The van der Waals surface area contributed by atoms with Crippen LogP contribution in [0, 0.1) is 12.8 Å². The zero-order valence-electron chi connectivity index (χ0n) is 14.5. The minimum Gasteiger partial charge on any atom is -0.480 e. The molecule has 5 heteroatoms. The molecule has 132 valence electrons. The van der Waals surface area contributed by atoms with Crippen LogP contribution < -0.4 is 0 Å². The molecule has 2 aromatic rings. The number of carbonyl (C=O) groups is 2. The highest BCUT2D eigenvalue weighted by molar-refractivity contribution is 5.92. The van der Waals surface area contributed by atoms with Gasteiger partial charge in [-0.1, -0.05) is 25.0 Å². The van der Waals surface area contributed by atoms with Crippen molar-refractivity contribution in [2.24, 2.45) is 5.92 Å². The second-order valence-electron chi connectivity index (χ2n) is 7.49. The summed E-state index contributed by atoms with van der Waals surface area (Å²) in [5.41, 5.74) is 3.12. The van der Waals surface area contributed by atoms with Gasteiger partial charge in [0, 0.05) is 23.1 Å². The number of aliphatic carboxylic acids is 1. The number of aromatic nitrogens is 1. The van der Waals surface area contributed by atoms with Crippen LogP contribution in [0.4, 0.5) is 0 Å². The van der Waals surface area contributed by atoms with Crippen LogP contribution >= 0.6 is 0 Å². The second-order valence-corrected chi connectivity index (χ2v) is 7.49. The minimum atomic E-state index is -0.863. The molecule has 0 radical (unpaired) electrons. The molecule has 1 saturated carbocycles. The Kier molecular flexibility index (Phi) is 4.02. The van der Waals surface area contributed by atoms with Gasteiger partial charge in [-0.15, -0.1) is 0 Å². The SMILES string of the molecule is Cc1cccc2[nH]cc(CC(=O)N3C(C(=O)O)CC4CCCCC43)c12. The van der Waals surface area contributed by atoms with Gasteiger partial charge in [0.2, 0.25) is 5.91 Å². The Hall–Kier alpha value is -2.30. The number of rotatable bonds is 3. The Balaban J connectivity index is 1.63. The van der Waals surface area contributed by atoms with Gasteiger partial charge >= 0.3 is 5.97 Å². The number of carbonyl (C=O) groups excluding carboxylic acids is 1. The highest BCUT2D eigenvalue weighted by Crippen LogP contribution is 2.40. The van der Waals surface area contributed by atoms with Crippen LogP contribution in [0.3, 0.4) is 0 Å². The molecule has 1 saturated heterocycles. The fourth-order valence-electron chi connectivity index (χ4n) is 4.88. The number of aromatic amines is 1. The molecular weight excluding hydrogens is 316 g/mol. The van der Waals surface area contributed by atoms with Crippen molar-refractivity contribution in [3.8, 4) is 0 Å². The first-order valence-corrected chi connectivity index (χ1v) is 9.16. The number of aryl methyl sites for hydroxylation is 1. The van der Waals surface area contributed by atoms with E-state index in [2.05, 4.69) is 4.98 Å². The zero-order valence-corrected chi connectivity index (χ0v) is 14.5. The molecule has 3 unspecified atom stereocenters. The lowest BCUT2D eigenvalue weighted by Gasteiger charge is -2.33. The minimum absolute atomic E-state index is 0.0500. The van der Waals surface area contributed by atoms with Crippen LogP contribution in [-0.4, -0.2) is 39.0 Å². The van der Waals surface area contributed by atoms with Crippen LogP contribution in [0.1, 0.15) is 43.2 Å². The molecule has 2 fully saturated rings. The number of carboxylic acids is 1. The number of benzene rings is 1. The highest BCUT2D eigenvalue weighted by Gasteiger charge is 2.47. The molecule has 1 aromatic heterocycles. The highest BCUT2D eigenvalue weighted by atomic mass is 16.4. The number of hydrogen-bond donors (Lipinski definition) is 2. The molecule has 1 aliphatic heterocycles. The number of amides is 1. The van der Waals surface area contributed by atoms with Crippen molar-refractivity contribution in [1.29, 1.82) is 0 Å². The van der Waals surface area contributed by atoms with E-state index in [4.69, 9.17) is 0 Å². The number of nitrogens with one attached hydrogen (secondary N) is 1. The number of H-pyrrole nitrogens is 1. The maximum atomic E-state index is 13.1. The van der Waals surface area contributed by atoms with E-state index in [-0.39, 0.29) is 18.4 Å². The van der Waals surface area contributed by atoms with Gasteiger partial charge < -0.3 is 15.0 Å². The van der Waals surface area contributed by atoms with Crippen LogP contribution in [0.5, 0.6) is 0 Å². The molecule has 1 amide bonds. The van der Waals surface area contributed by atoms with Crippen LogP contribution in [0.15, 0.2) is 24.4 Å². The lowest BCUT2D eigenvalue weighted by Crippen LogP contribution is -2.46. The Morgan fingerprint density at radius 1 is 1.28 bits per heavy atom. The fraction of sp³-hybridized carbons (Fsp3) is 0.500. The van der Waals surface area contributed by atoms with Crippen molar-refractivity contribution >= 4 is 22.8 Å². The van der Waals surface area contributed by atoms with E-state index in [1.807, 2.05) is 31.3 Å². The standard InChI is InChI=1S/C20H24N2O3/c1-12-5-4-7-15-19(12)14(11-21-15)10-18(23)22-16-8-3-2-6-13(16)9-17(22)20(24)25/h4-5,7,11,13,16-17,21H,2-3,6,8-10H2,1H3,(H,24,25). The summed E-state index contributed by atoms with van der Waals surface area (Å²) in [4.78, 5) is 29.7. The van der Waals surface area contributed by atoms with E-state index in [9.17, 15) is 14.7 Å². The number of likely N-dealkylation sites (tertiary alicyclic amines) is 1. The predicted molar refractivity (Wildman–Crippen MR) is 95.4 cm³/mol. The Morgan fingerprint density at radius 2 is 2.08 bits per heavy atom. The quantitative estimate of drug-likeness (QED) is 0.901. The summed E-state index contributed by atoms with van der Waals surface area (Å²) in [6.45, 7) is 2.04. The van der Waals surface area contributed by atoms with Gasteiger partial charge in [-0.25, -0.2) is 4.79 Å². The number of hydrogen-bond acceptors (Lipinski definition) is 2. The van der Waals surface area contributed by atoms with Gasteiger partial charge in [0.15, 0.2) is 0 Å². The Labute approximate surface area is 147 Å². The maximum absolute atomic E-state index is 13.1. The van der Waals surface area contributed by atoms with Crippen molar-refractivity contribution < 1.29 is 14.7 Å². The summed E-state index contributed by atoms with van der Waals surface area (Å²) < 4.78 is 0. The molecule has 2 aliphatic rings. The van der Waals surface area contributed by atoms with Gasteiger partial charge in [0.25, 0.3) is 0 Å². The largest absolute Gasteiger partial charge is 0.480 e. The molecule has 2 heterocycles. The molecular formula is C20H24N2O3. The molecule has 2 N–H and O–H groups in total. The van der Waals surface area contributed by atoms with Gasteiger partial charge in [0.05, 0.1) is 6.42 Å². The van der Waals surface area contributed by atoms with Gasteiger partial charge in [0.1, 0.15) is 6.04 Å². The predicted octanol–water partition coefficient (Wildman–Crippen LogP) is 3.26. The molecule has 0 spiro atoms. The summed E-state index contributed by atoms with van der Waals surface area (Å²) in [5.74, 6) is -0.563. The molecule has 3 atom stereocenters. The summed E-state index contributed by atoms with van der Waals surface area (Å²) in [6.07, 6.45) is 6.98. The van der Waals surface area contributed by atoms with Crippen molar-refractivity contribution in [1.82, 2.24) is 9.88 Å². The maximum Gasteiger partial charge on any atom is 0.326 e. The van der Waals surface area contributed by atoms with Gasteiger partial charge in [-0.2, -0.15) is 0 Å². The Bertz CT molecular complexity index is 825. The first-order chi connectivity index (χ1) is 12.1. The third kappa shape index (κ3) is 2.71. The number of nitrogens with zero attached hydrogens (tertiary/aromatic N) is 1. The summed E-state index contributed by atoms with van der Waals surface area (Å²) in [6, 6.07) is 5.48. The lowest BCUT2D eigenvalue weighted by molar-refractivity contribution is -0.149. The first-order valence-electron chi connectivity index (χ1n) is 9.16. The van der Waals surface area contributed by atoms with E-state index >= 15 is 0 Å². The van der Waals surface area contributed by atoms with Crippen LogP contribution in [0.25, 0.3) is 10.9 Å². The van der Waals surface area contributed by atoms with E-state index in [1.54, 1.807) is 4.90 Å². The fourth-order valence-corrected chi connectivity index (χ4v) is 4.88. The summed E-state index contributed by atoms with van der Waals surface area (Å²) in [7, 11) is 0. The van der Waals surface area contributed by atoms with Crippen molar-refractivity contribution in [2.45, 2.75) is 57.5 Å². The molecule has 5 nitrogen and oxygen atoms in total. The smallest absolute Gasteiger partial charge is 0.326 e. The molecule has 4 rings (SSSR count). The van der Waals surface area contributed by atoms with Gasteiger partial charge in [-0.05, 0) is 49.3 Å². The third-order valence-electron chi connectivity index (χ3n) is 6.00. The average Bonchev–Trinajstić information content (AvgIpc) is 3.17. The zero-order chi connectivity index (χ0) is 17.6. The topological polar surface area (TPSA) is 73.4 Å². The van der Waals surface area contributed by atoms with Gasteiger partial charge in [-0.3, -0.25) is 4.79 Å². The van der Waals surface area contributed by atoms with E-state index in [0.29, 0.717) is 12.3 Å². The average molecular weight is 340 g/mol. The van der Waals surface area contributed by atoms with Crippen LogP contribution in [-0.2, 0) is 16.0 Å². The van der Waals surface area contributed by atoms with E-state index in [1.165, 1.54) is 0 Å². The number of carboxylic acid groups (broad SMARTS) is 1. The Morgan fingerprint density at radius 3 is 2.88 bits per heavy atom. The second kappa shape index (κ2) is 6.21. The molecule has 1 aliphatic carbocycles. The van der Waals surface area contributed by atoms with E-state index < -0.39 is 12.0 Å². The molecule has 1 aromatic carbocycles. The lowest BCUT2D eigenvalue weighted by atomic mass is 9.84. The van der Waals surface area contributed by atoms with E-state index in [0.717, 1.165) is 47.7 Å².